The van der Waals surface area contributed by atoms with Crippen molar-refractivity contribution in [3.63, 3.8) is 0 Å². The summed E-state index contributed by atoms with van der Waals surface area (Å²) in [7, 11) is 0. The Balaban J connectivity index is 2.27. The summed E-state index contributed by atoms with van der Waals surface area (Å²) >= 11 is 0. The predicted molar refractivity (Wildman–Crippen MR) is 76.1 cm³/mol. The molecule has 1 aromatic heterocycles. The van der Waals surface area contributed by atoms with Gasteiger partial charge < -0.3 is 10.1 Å². The van der Waals surface area contributed by atoms with E-state index in [0.717, 1.165) is 28.3 Å². The number of aromatic carboxylic acids is 1. The second-order valence-electron chi connectivity index (χ2n) is 4.51. The molecule has 4 heteroatoms. The Kier molecular flexibility index (Phi) is 2.84. The van der Waals surface area contributed by atoms with E-state index >= 15 is 0 Å². The lowest BCUT2D eigenvalue weighted by Crippen LogP contribution is -1.96. The minimum Gasteiger partial charge on any atom is -0.478 e. The maximum atomic E-state index is 11.1. The molecule has 4 nitrogen and oxygen atoms in total. The minimum absolute atomic E-state index is 0.225. The number of carboxylic acid groups (broad SMARTS) is 1. The van der Waals surface area contributed by atoms with Crippen molar-refractivity contribution in [3.05, 3.63) is 59.8 Å². The van der Waals surface area contributed by atoms with Crippen molar-refractivity contribution in [2.45, 2.75) is 0 Å². The third-order valence-corrected chi connectivity index (χ3v) is 3.25. The standard InChI is InChI=1S/C16H11NO3/c18-9-10-6-14(13-4-5-17-15(13)7-10)11-2-1-3-12(8-11)16(19)20/h1-9,17H,(H,19,20). The summed E-state index contributed by atoms with van der Waals surface area (Å²) in [5.74, 6) is -0.969. The maximum absolute atomic E-state index is 11.1. The number of rotatable bonds is 3. The maximum Gasteiger partial charge on any atom is 0.335 e. The molecule has 0 bridgehead atoms. The summed E-state index contributed by atoms with van der Waals surface area (Å²) in [6.07, 6.45) is 2.58. The van der Waals surface area contributed by atoms with E-state index in [1.54, 1.807) is 36.5 Å². The van der Waals surface area contributed by atoms with Crippen molar-refractivity contribution in [2.75, 3.05) is 0 Å². The zero-order chi connectivity index (χ0) is 14.1. The topological polar surface area (TPSA) is 70.2 Å². The first-order valence-electron chi connectivity index (χ1n) is 6.09. The van der Waals surface area contributed by atoms with Crippen LogP contribution in [0, 0.1) is 0 Å². The van der Waals surface area contributed by atoms with Gasteiger partial charge >= 0.3 is 5.97 Å². The Morgan fingerprint density at radius 3 is 2.75 bits per heavy atom. The summed E-state index contributed by atoms with van der Waals surface area (Å²) in [5.41, 5.74) is 3.25. The normalized spacial score (nSPS) is 10.6. The van der Waals surface area contributed by atoms with Gasteiger partial charge in [-0.05, 0) is 41.5 Å². The highest BCUT2D eigenvalue weighted by Crippen LogP contribution is 2.30. The summed E-state index contributed by atoms with van der Waals surface area (Å²) in [6.45, 7) is 0. The van der Waals surface area contributed by atoms with Gasteiger partial charge in [-0.3, -0.25) is 4.79 Å². The first-order chi connectivity index (χ1) is 9.69. The van der Waals surface area contributed by atoms with Gasteiger partial charge in [0.05, 0.1) is 5.56 Å². The van der Waals surface area contributed by atoms with Crippen LogP contribution in [0.5, 0.6) is 0 Å². The monoisotopic (exact) mass is 265 g/mol. The molecule has 98 valence electrons. The molecule has 3 rings (SSSR count). The van der Waals surface area contributed by atoms with Gasteiger partial charge in [0.15, 0.2) is 0 Å². The fourth-order valence-corrected chi connectivity index (χ4v) is 2.32. The fraction of sp³-hybridized carbons (Fsp3) is 0. The molecule has 0 aliphatic rings. The number of nitrogens with one attached hydrogen (secondary N) is 1. The van der Waals surface area contributed by atoms with Gasteiger partial charge in [0, 0.05) is 22.7 Å². The van der Waals surface area contributed by atoms with Crippen molar-refractivity contribution < 1.29 is 14.7 Å². The predicted octanol–water partition coefficient (Wildman–Crippen LogP) is 3.35. The lowest BCUT2D eigenvalue weighted by molar-refractivity contribution is 0.0696. The number of carboxylic acids is 1. The Morgan fingerprint density at radius 2 is 2.00 bits per heavy atom. The third kappa shape index (κ3) is 1.97. The first-order valence-corrected chi connectivity index (χ1v) is 6.09. The fourth-order valence-electron chi connectivity index (χ4n) is 2.32. The minimum atomic E-state index is -0.969. The molecule has 0 saturated carbocycles. The SMILES string of the molecule is O=Cc1cc(-c2cccc(C(=O)O)c2)c2cc[nH]c2c1. The average Bonchev–Trinajstić information content (AvgIpc) is 2.94. The number of fused-ring (bicyclic) bond motifs is 1. The Labute approximate surface area is 114 Å². The molecule has 1 heterocycles. The zero-order valence-electron chi connectivity index (χ0n) is 10.5. The van der Waals surface area contributed by atoms with E-state index in [1.807, 2.05) is 12.1 Å². The molecule has 0 unspecified atom stereocenters. The van der Waals surface area contributed by atoms with Crippen LogP contribution in [-0.2, 0) is 0 Å². The van der Waals surface area contributed by atoms with Crippen LogP contribution in [0.25, 0.3) is 22.0 Å². The van der Waals surface area contributed by atoms with E-state index in [9.17, 15) is 9.59 Å². The van der Waals surface area contributed by atoms with Crippen LogP contribution >= 0.6 is 0 Å². The molecule has 3 aromatic rings. The second-order valence-corrected chi connectivity index (χ2v) is 4.51. The number of carbonyl (C=O) groups excluding carboxylic acids is 1. The highest BCUT2D eigenvalue weighted by atomic mass is 16.4. The van der Waals surface area contributed by atoms with Gasteiger partial charge in [0.2, 0.25) is 0 Å². The van der Waals surface area contributed by atoms with Crippen LogP contribution in [-0.4, -0.2) is 22.3 Å². The van der Waals surface area contributed by atoms with Crippen LogP contribution in [0.3, 0.4) is 0 Å². The lowest BCUT2D eigenvalue weighted by atomic mass is 9.98. The number of aromatic nitrogens is 1. The number of H-pyrrole nitrogens is 1. The van der Waals surface area contributed by atoms with E-state index < -0.39 is 5.97 Å². The summed E-state index contributed by atoms with van der Waals surface area (Å²) in [4.78, 5) is 25.1. The Morgan fingerprint density at radius 1 is 1.15 bits per heavy atom. The Hall–Kier alpha value is -2.88. The van der Waals surface area contributed by atoms with Crippen molar-refractivity contribution in [3.8, 4) is 11.1 Å². The van der Waals surface area contributed by atoms with Gasteiger partial charge in [-0.2, -0.15) is 0 Å². The number of aldehydes is 1. The van der Waals surface area contributed by atoms with Gasteiger partial charge in [0.25, 0.3) is 0 Å². The molecule has 0 amide bonds. The van der Waals surface area contributed by atoms with Crippen molar-refractivity contribution in [1.82, 2.24) is 4.98 Å². The van der Waals surface area contributed by atoms with Crippen molar-refractivity contribution >= 4 is 23.2 Å². The van der Waals surface area contributed by atoms with E-state index in [1.165, 1.54) is 0 Å². The molecule has 20 heavy (non-hydrogen) atoms. The van der Waals surface area contributed by atoms with Gasteiger partial charge in [-0.1, -0.05) is 12.1 Å². The van der Waals surface area contributed by atoms with Crippen LogP contribution in [0.4, 0.5) is 0 Å². The molecule has 0 aliphatic carbocycles. The molecular formula is C16H11NO3. The highest BCUT2D eigenvalue weighted by molar-refractivity contribution is 6.00. The van der Waals surface area contributed by atoms with Crippen molar-refractivity contribution in [2.24, 2.45) is 0 Å². The van der Waals surface area contributed by atoms with Gasteiger partial charge in [0.1, 0.15) is 6.29 Å². The molecule has 2 aromatic carbocycles. The third-order valence-electron chi connectivity index (χ3n) is 3.25. The number of benzene rings is 2. The van der Waals surface area contributed by atoms with E-state index in [-0.39, 0.29) is 5.56 Å². The number of hydrogen-bond donors (Lipinski definition) is 2. The van der Waals surface area contributed by atoms with Crippen LogP contribution < -0.4 is 0 Å². The van der Waals surface area contributed by atoms with E-state index in [0.29, 0.717) is 5.56 Å². The molecule has 0 fully saturated rings. The summed E-state index contributed by atoms with van der Waals surface area (Å²) in [6, 6.07) is 12.1. The second kappa shape index (κ2) is 4.66. The van der Waals surface area contributed by atoms with Gasteiger partial charge in [-0.25, -0.2) is 4.79 Å². The van der Waals surface area contributed by atoms with Crippen molar-refractivity contribution in [1.29, 1.82) is 0 Å². The number of carbonyl (C=O) groups is 2. The number of hydrogen-bond acceptors (Lipinski definition) is 2. The van der Waals surface area contributed by atoms with E-state index in [2.05, 4.69) is 4.98 Å². The number of aromatic amines is 1. The lowest BCUT2D eigenvalue weighted by Gasteiger charge is -2.06. The molecule has 0 radical (unpaired) electrons. The Bertz CT molecular complexity index is 817. The smallest absolute Gasteiger partial charge is 0.335 e. The highest BCUT2D eigenvalue weighted by Gasteiger charge is 2.09. The average molecular weight is 265 g/mol. The first kappa shape index (κ1) is 12.2. The van der Waals surface area contributed by atoms with Crippen LogP contribution in [0.15, 0.2) is 48.7 Å². The molecule has 2 N–H and O–H groups in total. The molecule has 0 atom stereocenters. The summed E-state index contributed by atoms with van der Waals surface area (Å²) < 4.78 is 0. The largest absolute Gasteiger partial charge is 0.478 e. The summed E-state index contributed by atoms with van der Waals surface area (Å²) in [5, 5.41) is 10.0. The van der Waals surface area contributed by atoms with Crippen LogP contribution in [0.1, 0.15) is 20.7 Å². The van der Waals surface area contributed by atoms with E-state index in [4.69, 9.17) is 5.11 Å². The quantitative estimate of drug-likeness (QED) is 0.713. The molecular weight excluding hydrogens is 254 g/mol. The van der Waals surface area contributed by atoms with Gasteiger partial charge in [-0.15, -0.1) is 0 Å². The molecule has 0 aliphatic heterocycles. The molecule has 0 spiro atoms. The zero-order valence-corrected chi connectivity index (χ0v) is 10.5. The van der Waals surface area contributed by atoms with Crippen LogP contribution in [0.2, 0.25) is 0 Å². The molecule has 0 saturated heterocycles.